The lowest BCUT2D eigenvalue weighted by atomic mass is 10.0. The number of hydrogen-bond acceptors (Lipinski definition) is 5. The van der Waals surface area contributed by atoms with Gasteiger partial charge in [-0.1, -0.05) is 13.8 Å². The highest BCUT2D eigenvalue weighted by molar-refractivity contribution is 7.22. The Kier molecular flexibility index (Phi) is 3.35. The van der Waals surface area contributed by atoms with E-state index in [1.54, 1.807) is 0 Å². The molecule has 0 radical (unpaired) electrons. The summed E-state index contributed by atoms with van der Waals surface area (Å²) < 4.78 is 0.684. The molecule has 3 aromatic heterocycles. The summed E-state index contributed by atoms with van der Waals surface area (Å²) in [5.74, 6) is 0.795. The third-order valence-corrected chi connectivity index (χ3v) is 5.75. The molecule has 0 saturated heterocycles. The molecule has 0 aromatic carbocycles. The van der Waals surface area contributed by atoms with Crippen molar-refractivity contribution in [3.8, 4) is 10.4 Å². The van der Waals surface area contributed by atoms with Gasteiger partial charge >= 0.3 is 0 Å². The molecule has 3 aromatic rings. The lowest BCUT2D eigenvalue weighted by Gasteiger charge is -2.14. The van der Waals surface area contributed by atoms with E-state index in [0.717, 1.165) is 46.5 Å². The Hall–Kier alpha value is -1.99. The fourth-order valence-corrected chi connectivity index (χ4v) is 4.33. The average Bonchev–Trinajstić information content (AvgIpc) is 3.08. The van der Waals surface area contributed by atoms with E-state index in [4.69, 9.17) is 10.7 Å². The molecule has 3 heterocycles. The predicted octanol–water partition coefficient (Wildman–Crippen LogP) is 2.52. The summed E-state index contributed by atoms with van der Waals surface area (Å²) in [6, 6.07) is -0.266. The van der Waals surface area contributed by atoms with Crippen LogP contribution < -0.4 is 11.3 Å². The smallest absolute Gasteiger partial charge is 0.268 e. The zero-order valence-electron chi connectivity index (χ0n) is 13.1. The number of nitrogens with zero attached hydrogens (tertiary/aromatic N) is 2. The van der Waals surface area contributed by atoms with E-state index in [2.05, 4.69) is 15.2 Å². The van der Waals surface area contributed by atoms with Crippen molar-refractivity contribution in [2.45, 2.75) is 39.2 Å². The summed E-state index contributed by atoms with van der Waals surface area (Å²) in [6.45, 7) is 4.06. The van der Waals surface area contributed by atoms with Crippen LogP contribution in [0.3, 0.4) is 0 Å². The molecule has 0 saturated carbocycles. The number of aryl methyl sites for hydroxylation is 2. The van der Waals surface area contributed by atoms with Crippen LogP contribution in [-0.2, 0) is 12.8 Å². The summed E-state index contributed by atoms with van der Waals surface area (Å²) in [7, 11) is 0. The molecule has 0 amide bonds. The number of H-pyrrole nitrogens is 2. The third kappa shape index (κ3) is 2.22. The normalized spacial score (nSPS) is 15.5. The zero-order chi connectivity index (χ0) is 16.1. The second kappa shape index (κ2) is 5.28. The molecule has 4 N–H and O–H groups in total. The Morgan fingerprint density at radius 1 is 1.35 bits per heavy atom. The quantitative estimate of drug-likeness (QED) is 0.672. The van der Waals surface area contributed by atoms with Gasteiger partial charge in [-0.05, 0) is 30.7 Å². The summed E-state index contributed by atoms with van der Waals surface area (Å²) in [6.07, 6.45) is 4.79. The topological polar surface area (TPSA) is 100 Å². The van der Waals surface area contributed by atoms with E-state index in [-0.39, 0.29) is 17.5 Å². The lowest BCUT2D eigenvalue weighted by Crippen LogP contribution is -2.23. The van der Waals surface area contributed by atoms with Crippen molar-refractivity contribution in [2.75, 3.05) is 0 Å². The van der Waals surface area contributed by atoms with Gasteiger partial charge in [0, 0.05) is 16.6 Å². The minimum absolute atomic E-state index is 0.0933. The maximum Gasteiger partial charge on any atom is 0.268 e. The van der Waals surface area contributed by atoms with Gasteiger partial charge in [0.25, 0.3) is 5.56 Å². The van der Waals surface area contributed by atoms with Gasteiger partial charge in [0.2, 0.25) is 0 Å². The third-order valence-electron chi connectivity index (χ3n) is 4.50. The van der Waals surface area contributed by atoms with Gasteiger partial charge in [0.15, 0.2) is 0 Å². The van der Waals surface area contributed by atoms with E-state index in [0.29, 0.717) is 10.5 Å². The SMILES string of the molecule is CC(C)[C@H](N)c1nc2c3c(sc2c(=O)[nH]1)-c1c[nH]nc1CCC3. The van der Waals surface area contributed by atoms with Gasteiger partial charge in [-0.3, -0.25) is 9.89 Å². The Bertz CT molecular complexity index is 936. The Morgan fingerprint density at radius 2 is 2.17 bits per heavy atom. The van der Waals surface area contributed by atoms with Gasteiger partial charge in [0.1, 0.15) is 10.5 Å². The summed E-state index contributed by atoms with van der Waals surface area (Å²) in [5, 5.41) is 7.28. The van der Waals surface area contributed by atoms with Gasteiger partial charge in [0.05, 0.1) is 17.3 Å². The molecule has 1 aliphatic rings. The predicted molar refractivity (Wildman–Crippen MR) is 91.6 cm³/mol. The van der Waals surface area contributed by atoms with E-state index in [1.807, 2.05) is 20.0 Å². The van der Waals surface area contributed by atoms with Crippen LogP contribution in [-0.4, -0.2) is 20.2 Å². The van der Waals surface area contributed by atoms with Crippen LogP contribution in [0.2, 0.25) is 0 Å². The molecule has 0 aliphatic heterocycles. The Labute approximate surface area is 137 Å². The van der Waals surface area contributed by atoms with Crippen LogP contribution in [0.4, 0.5) is 0 Å². The van der Waals surface area contributed by atoms with Gasteiger partial charge < -0.3 is 10.7 Å². The van der Waals surface area contributed by atoms with Gasteiger partial charge in [-0.25, -0.2) is 4.98 Å². The van der Waals surface area contributed by atoms with E-state index < -0.39 is 0 Å². The molecule has 0 spiro atoms. The number of aromatic amines is 2. The fraction of sp³-hybridized carbons (Fsp3) is 0.438. The second-order valence-corrected chi connectivity index (χ2v) is 7.43. The van der Waals surface area contributed by atoms with Gasteiger partial charge in [-0.15, -0.1) is 11.3 Å². The van der Waals surface area contributed by atoms with Crippen LogP contribution in [0.5, 0.6) is 0 Å². The van der Waals surface area contributed by atoms with Crippen LogP contribution in [0.15, 0.2) is 11.0 Å². The highest BCUT2D eigenvalue weighted by atomic mass is 32.1. The van der Waals surface area contributed by atoms with Gasteiger partial charge in [-0.2, -0.15) is 5.10 Å². The number of thiophene rings is 1. The number of nitrogens with one attached hydrogen (secondary N) is 2. The van der Waals surface area contributed by atoms with E-state index in [1.165, 1.54) is 11.3 Å². The van der Waals surface area contributed by atoms with Crippen molar-refractivity contribution in [2.24, 2.45) is 11.7 Å². The molecule has 7 heteroatoms. The summed E-state index contributed by atoms with van der Waals surface area (Å²) in [4.78, 5) is 21.2. The van der Waals surface area contributed by atoms with Crippen molar-refractivity contribution < 1.29 is 0 Å². The first-order valence-corrected chi connectivity index (χ1v) is 8.72. The molecule has 0 bridgehead atoms. The lowest BCUT2D eigenvalue weighted by molar-refractivity contribution is 0.491. The minimum atomic E-state index is -0.266. The molecule has 23 heavy (non-hydrogen) atoms. The molecule has 1 atom stereocenters. The number of hydrogen-bond donors (Lipinski definition) is 3. The zero-order valence-corrected chi connectivity index (χ0v) is 14.0. The first-order valence-electron chi connectivity index (χ1n) is 7.90. The first kappa shape index (κ1) is 14.6. The monoisotopic (exact) mass is 329 g/mol. The molecule has 0 unspecified atom stereocenters. The second-order valence-electron chi connectivity index (χ2n) is 6.41. The molecular formula is C16H19N5OS. The van der Waals surface area contributed by atoms with Crippen molar-refractivity contribution in [1.29, 1.82) is 0 Å². The summed E-state index contributed by atoms with van der Waals surface area (Å²) in [5.41, 5.74) is 10.3. The van der Waals surface area contributed by atoms with E-state index in [9.17, 15) is 4.79 Å². The Balaban J connectivity index is 1.99. The average molecular weight is 329 g/mol. The van der Waals surface area contributed by atoms with E-state index >= 15 is 0 Å². The van der Waals surface area contributed by atoms with Crippen molar-refractivity contribution >= 4 is 21.6 Å². The van der Waals surface area contributed by atoms with Crippen LogP contribution in [0.1, 0.15) is 43.4 Å². The maximum absolute atomic E-state index is 12.5. The van der Waals surface area contributed by atoms with Crippen LogP contribution in [0, 0.1) is 5.92 Å². The molecule has 120 valence electrons. The highest BCUT2D eigenvalue weighted by Crippen LogP contribution is 2.40. The number of rotatable bonds is 2. The van der Waals surface area contributed by atoms with Crippen molar-refractivity contribution in [1.82, 2.24) is 20.2 Å². The van der Waals surface area contributed by atoms with Crippen LogP contribution in [0.25, 0.3) is 20.7 Å². The fourth-order valence-electron chi connectivity index (χ4n) is 3.11. The Morgan fingerprint density at radius 3 is 2.96 bits per heavy atom. The van der Waals surface area contributed by atoms with Crippen molar-refractivity contribution in [3.05, 3.63) is 33.6 Å². The standard InChI is InChI=1S/C16H19N5OS/c1-7(2)11(17)15-19-12-8-4-3-5-10-9(6-18-21-10)13(8)23-14(12)16(22)20-15/h6-7,11H,3-5,17H2,1-2H3,(H,18,21)(H,19,20,22)/t11-/m0/s1. The maximum atomic E-state index is 12.5. The number of aromatic nitrogens is 4. The largest absolute Gasteiger partial charge is 0.321 e. The van der Waals surface area contributed by atoms with Crippen LogP contribution >= 0.6 is 11.3 Å². The summed E-state index contributed by atoms with van der Waals surface area (Å²) >= 11 is 1.51. The molecule has 0 fully saturated rings. The number of fused-ring (bicyclic) bond motifs is 5. The number of nitrogens with two attached hydrogens (primary N) is 1. The van der Waals surface area contributed by atoms with Crippen molar-refractivity contribution in [3.63, 3.8) is 0 Å². The highest BCUT2D eigenvalue weighted by Gasteiger charge is 2.24. The molecule has 1 aliphatic carbocycles. The first-order chi connectivity index (χ1) is 11.1. The molecule has 6 nitrogen and oxygen atoms in total. The minimum Gasteiger partial charge on any atom is -0.321 e. The molecular weight excluding hydrogens is 310 g/mol. The molecule has 4 rings (SSSR count).